The Morgan fingerprint density at radius 3 is 2.69 bits per heavy atom. The van der Waals surface area contributed by atoms with Crippen LogP contribution < -0.4 is 10.6 Å². The Kier molecular flexibility index (Phi) is 5.93. The predicted octanol–water partition coefficient (Wildman–Crippen LogP) is 4.62. The van der Waals surface area contributed by atoms with Crippen molar-refractivity contribution in [3.63, 3.8) is 0 Å². The van der Waals surface area contributed by atoms with E-state index in [2.05, 4.69) is 17.6 Å². The van der Waals surface area contributed by atoms with E-state index in [1.165, 1.54) is 36.7 Å². The Balaban J connectivity index is 1.79. The zero-order valence-corrected chi connectivity index (χ0v) is 15.6. The summed E-state index contributed by atoms with van der Waals surface area (Å²) in [5, 5.41) is 17.6. The summed E-state index contributed by atoms with van der Waals surface area (Å²) < 4.78 is 0. The summed E-state index contributed by atoms with van der Waals surface area (Å²) in [4.78, 5) is 24.7. The van der Waals surface area contributed by atoms with E-state index in [1.54, 1.807) is 12.1 Å². The van der Waals surface area contributed by atoms with Crippen molar-refractivity contribution in [3.05, 3.63) is 46.2 Å². The minimum atomic E-state index is -1.00. The number of carbonyl (C=O) groups excluding carboxylic acids is 1. The predicted molar refractivity (Wildman–Crippen MR) is 105 cm³/mol. The molecule has 2 aromatic rings. The van der Waals surface area contributed by atoms with E-state index < -0.39 is 5.97 Å². The van der Waals surface area contributed by atoms with E-state index in [0.29, 0.717) is 17.6 Å². The highest BCUT2D eigenvalue weighted by Crippen LogP contribution is 2.31. The first-order valence-electron chi connectivity index (χ1n) is 8.99. The SMILES string of the molecule is C[C@@H]1CCCC[C@H]1Nc1ccc(C(=O)O)cc1NC(=O)Cc1cccs1. The van der Waals surface area contributed by atoms with Crippen LogP contribution in [0.4, 0.5) is 11.4 Å². The molecule has 0 bridgehead atoms. The molecular formula is C20H24N2O3S. The summed E-state index contributed by atoms with van der Waals surface area (Å²) in [5.41, 5.74) is 1.48. The normalized spacial score (nSPS) is 19.7. The van der Waals surface area contributed by atoms with Crippen LogP contribution in [0, 0.1) is 5.92 Å². The van der Waals surface area contributed by atoms with E-state index in [4.69, 9.17) is 0 Å². The molecule has 1 aromatic carbocycles. The Labute approximate surface area is 157 Å². The fourth-order valence-electron chi connectivity index (χ4n) is 3.40. The standard InChI is InChI=1S/C20H24N2O3S/c1-13-5-2-3-7-16(13)21-17-9-8-14(20(24)25)11-18(17)22-19(23)12-15-6-4-10-26-15/h4,6,8-11,13,16,21H,2-3,5,7,12H2,1H3,(H,22,23)(H,24,25)/t13-,16-/m1/s1. The number of carboxylic acids is 1. The summed E-state index contributed by atoms with van der Waals surface area (Å²) in [6.45, 7) is 2.23. The van der Waals surface area contributed by atoms with Crippen molar-refractivity contribution in [2.24, 2.45) is 5.92 Å². The first-order valence-corrected chi connectivity index (χ1v) is 9.87. The lowest BCUT2D eigenvalue weighted by Gasteiger charge is -2.31. The molecule has 0 saturated heterocycles. The summed E-state index contributed by atoms with van der Waals surface area (Å²) in [6.07, 6.45) is 5.00. The fraction of sp³-hybridized carbons (Fsp3) is 0.400. The molecule has 0 radical (unpaired) electrons. The van der Waals surface area contributed by atoms with Crippen LogP contribution in [0.1, 0.15) is 47.8 Å². The third kappa shape index (κ3) is 4.64. The van der Waals surface area contributed by atoms with Gasteiger partial charge in [-0.2, -0.15) is 0 Å². The number of hydrogen-bond acceptors (Lipinski definition) is 4. The lowest BCUT2D eigenvalue weighted by molar-refractivity contribution is -0.115. The van der Waals surface area contributed by atoms with Crippen molar-refractivity contribution in [3.8, 4) is 0 Å². The van der Waals surface area contributed by atoms with Gasteiger partial charge in [0.1, 0.15) is 0 Å². The first kappa shape index (κ1) is 18.5. The maximum absolute atomic E-state index is 12.4. The summed E-state index contributed by atoms with van der Waals surface area (Å²) in [6, 6.07) is 9.03. The van der Waals surface area contributed by atoms with Gasteiger partial charge in [0.2, 0.25) is 5.91 Å². The van der Waals surface area contributed by atoms with Gasteiger partial charge in [0.25, 0.3) is 0 Å². The second-order valence-corrected chi connectivity index (χ2v) is 7.91. The molecule has 0 aliphatic heterocycles. The van der Waals surface area contributed by atoms with Gasteiger partial charge >= 0.3 is 5.97 Å². The number of carbonyl (C=O) groups is 2. The number of aromatic carboxylic acids is 1. The third-order valence-corrected chi connectivity index (χ3v) is 5.78. The Bertz CT molecular complexity index is 773. The molecule has 1 aromatic heterocycles. The molecule has 26 heavy (non-hydrogen) atoms. The molecule has 6 heteroatoms. The number of anilines is 2. The quantitative estimate of drug-likeness (QED) is 0.691. The van der Waals surface area contributed by atoms with Gasteiger partial charge in [-0.3, -0.25) is 4.79 Å². The van der Waals surface area contributed by atoms with Gasteiger partial charge in [0.15, 0.2) is 0 Å². The number of amides is 1. The van der Waals surface area contributed by atoms with Gasteiger partial charge < -0.3 is 15.7 Å². The maximum atomic E-state index is 12.4. The Morgan fingerprint density at radius 2 is 2.00 bits per heavy atom. The van der Waals surface area contributed by atoms with Gasteiger partial charge in [-0.15, -0.1) is 11.3 Å². The minimum Gasteiger partial charge on any atom is -0.478 e. The monoisotopic (exact) mass is 372 g/mol. The number of rotatable bonds is 6. The number of nitrogens with one attached hydrogen (secondary N) is 2. The van der Waals surface area contributed by atoms with Gasteiger partial charge in [0, 0.05) is 10.9 Å². The highest BCUT2D eigenvalue weighted by Gasteiger charge is 2.22. The van der Waals surface area contributed by atoms with Crippen LogP contribution in [-0.2, 0) is 11.2 Å². The highest BCUT2D eigenvalue weighted by atomic mass is 32.1. The Morgan fingerprint density at radius 1 is 1.19 bits per heavy atom. The molecule has 3 rings (SSSR count). The average Bonchev–Trinajstić information content (AvgIpc) is 3.11. The highest BCUT2D eigenvalue weighted by molar-refractivity contribution is 7.10. The molecule has 5 nitrogen and oxygen atoms in total. The maximum Gasteiger partial charge on any atom is 0.335 e. The molecule has 0 spiro atoms. The van der Waals surface area contributed by atoms with Gasteiger partial charge in [-0.05, 0) is 48.4 Å². The first-order chi connectivity index (χ1) is 12.5. The van der Waals surface area contributed by atoms with E-state index in [0.717, 1.165) is 17.0 Å². The molecule has 1 saturated carbocycles. The lowest BCUT2D eigenvalue weighted by atomic mass is 9.86. The minimum absolute atomic E-state index is 0.144. The molecular weight excluding hydrogens is 348 g/mol. The summed E-state index contributed by atoms with van der Waals surface area (Å²) in [5.74, 6) is -0.594. The van der Waals surface area contributed by atoms with Crippen LogP contribution in [0.3, 0.4) is 0 Å². The smallest absolute Gasteiger partial charge is 0.335 e. The zero-order valence-electron chi connectivity index (χ0n) is 14.8. The van der Waals surface area contributed by atoms with Gasteiger partial charge in [0.05, 0.1) is 23.4 Å². The van der Waals surface area contributed by atoms with E-state index in [-0.39, 0.29) is 17.9 Å². The molecule has 1 aliphatic rings. The van der Waals surface area contributed by atoms with Crippen LogP contribution in [0.2, 0.25) is 0 Å². The van der Waals surface area contributed by atoms with Crippen molar-refractivity contribution in [1.82, 2.24) is 0 Å². The van der Waals surface area contributed by atoms with Crippen molar-refractivity contribution in [1.29, 1.82) is 0 Å². The topological polar surface area (TPSA) is 78.4 Å². The fourth-order valence-corrected chi connectivity index (χ4v) is 4.11. The number of hydrogen-bond donors (Lipinski definition) is 3. The van der Waals surface area contributed by atoms with Crippen molar-refractivity contribution >= 4 is 34.6 Å². The van der Waals surface area contributed by atoms with Gasteiger partial charge in [-0.25, -0.2) is 4.79 Å². The van der Waals surface area contributed by atoms with Crippen LogP contribution in [-0.4, -0.2) is 23.0 Å². The number of carboxylic acid groups (broad SMARTS) is 1. The van der Waals surface area contributed by atoms with E-state index in [9.17, 15) is 14.7 Å². The van der Waals surface area contributed by atoms with Crippen LogP contribution in [0.5, 0.6) is 0 Å². The molecule has 1 amide bonds. The van der Waals surface area contributed by atoms with Crippen molar-refractivity contribution in [2.75, 3.05) is 10.6 Å². The second kappa shape index (κ2) is 8.36. The number of thiophene rings is 1. The molecule has 1 heterocycles. The summed E-state index contributed by atoms with van der Waals surface area (Å²) in [7, 11) is 0. The molecule has 2 atom stereocenters. The second-order valence-electron chi connectivity index (χ2n) is 6.88. The molecule has 3 N–H and O–H groups in total. The zero-order chi connectivity index (χ0) is 18.5. The largest absolute Gasteiger partial charge is 0.478 e. The average molecular weight is 372 g/mol. The summed E-state index contributed by atoms with van der Waals surface area (Å²) >= 11 is 1.53. The van der Waals surface area contributed by atoms with Crippen molar-refractivity contribution < 1.29 is 14.7 Å². The van der Waals surface area contributed by atoms with Crippen LogP contribution in [0.25, 0.3) is 0 Å². The van der Waals surface area contributed by atoms with Crippen molar-refractivity contribution in [2.45, 2.75) is 45.1 Å². The Hall–Kier alpha value is -2.34. The number of benzene rings is 1. The third-order valence-electron chi connectivity index (χ3n) is 4.91. The van der Waals surface area contributed by atoms with Crippen LogP contribution in [0.15, 0.2) is 35.7 Å². The molecule has 1 aliphatic carbocycles. The van der Waals surface area contributed by atoms with Gasteiger partial charge in [-0.1, -0.05) is 25.8 Å². The lowest BCUT2D eigenvalue weighted by Crippen LogP contribution is -2.31. The molecule has 1 fully saturated rings. The van der Waals surface area contributed by atoms with Crippen LogP contribution >= 0.6 is 11.3 Å². The molecule has 0 unspecified atom stereocenters. The van der Waals surface area contributed by atoms with E-state index >= 15 is 0 Å². The van der Waals surface area contributed by atoms with E-state index in [1.807, 2.05) is 17.5 Å². The molecule has 138 valence electrons.